The largest absolute Gasteiger partial charge is 0.339 e. The quantitative estimate of drug-likeness (QED) is 0.692. The summed E-state index contributed by atoms with van der Waals surface area (Å²) in [6.45, 7) is 6.00. The summed E-state index contributed by atoms with van der Waals surface area (Å²) in [5, 5.41) is 0.654. The lowest BCUT2D eigenvalue weighted by molar-refractivity contribution is -0.130. The minimum atomic E-state index is 0.131. The molecule has 1 aliphatic rings. The van der Waals surface area contributed by atoms with Crippen LogP contribution >= 0.6 is 11.6 Å². The third-order valence-electron chi connectivity index (χ3n) is 5.17. The number of anilines is 1. The summed E-state index contributed by atoms with van der Waals surface area (Å²) < 4.78 is 2.25. The lowest BCUT2D eigenvalue weighted by Crippen LogP contribution is -2.50. The Hall–Kier alpha value is -2.53. The molecular formula is C21H23ClN4O. The molecular weight excluding hydrogens is 360 g/mol. The van der Waals surface area contributed by atoms with Gasteiger partial charge in [-0.15, -0.1) is 0 Å². The molecule has 6 heteroatoms. The molecule has 0 saturated carbocycles. The van der Waals surface area contributed by atoms with Crippen LogP contribution in [0.2, 0.25) is 5.02 Å². The van der Waals surface area contributed by atoms with E-state index in [0.717, 1.165) is 42.2 Å². The maximum atomic E-state index is 12.7. The van der Waals surface area contributed by atoms with Gasteiger partial charge in [0, 0.05) is 37.7 Å². The van der Waals surface area contributed by atoms with E-state index in [-0.39, 0.29) is 5.91 Å². The molecule has 1 aromatic heterocycles. The van der Waals surface area contributed by atoms with E-state index in [9.17, 15) is 4.79 Å². The number of hydrogen-bond acceptors (Lipinski definition) is 3. The molecule has 27 heavy (non-hydrogen) atoms. The Balaban J connectivity index is 1.45. The van der Waals surface area contributed by atoms with Gasteiger partial charge in [-0.25, -0.2) is 4.98 Å². The highest BCUT2D eigenvalue weighted by atomic mass is 35.5. The van der Waals surface area contributed by atoms with E-state index in [4.69, 9.17) is 16.6 Å². The van der Waals surface area contributed by atoms with Crippen molar-refractivity contribution in [2.24, 2.45) is 0 Å². The molecule has 2 aromatic carbocycles. The minimum Gasteiger partial charge on any atom is -0.339 e. The van der Waals surface area contributed by atoms with Crippen LogP contribution in [0.1, 0.15) is 12.5 Å². The molecule has 0 aliphatic carbocycles. The number of aromatic nitrogens is 2. The Kier molecular flexibility index (Phi) is 5.03. The first kappa shape index (κ1) is 17.9. The molecule has 3 aromatic rings. The zero-order chi connectivity index (χ0) is 18.8. The second-order valence-corrected chi connectivity index (χ2v) is 7.19. The molecule has 0 spiro atoms. The Bertz CT molecular complexity index is 960. The van der Waals surface area contributed by atoms with Crippen LogP contribution in [0, 0.1) is 0 Å². The van der Waals surface area contributed by atoms with E-state index in [2.05, 4.69) is 22.5 Å². The summed E-state index contributed by atoms with van der Waals surface area (Å²) in [7, 11) is 0. The second kappa shape index (κ2) is 7.61. The molecule has 1 aliphatic heterocycles. The van der Waals surface area contributed by atoms with Crippen molar-refractivity contribution < 1.29 is 4.79 Å². The Morgan fingerprint density at radius 2 is 1.74 bits per heavy atom. The van der Waals surface area contributed by atoms with Crippen LogP contribution in [0.5, 0.6) is 0 Å². The molecule has 1 saturated heterocycles. The molecule has 1 fully saturated rings. The van der Waals surface area contributed by atoms with Crippen molar-refractivity contribution in [3.05, 3.63) is 59.1 Å². The molecule has 1 amide bonds. The summed E-state index contributed by atoms with van der Waals surface area (Å²) in [5.74, 6) is 1.13. The van der Waals surface area contributed by atoms with Gasteiger partial charge in [0.1, 0.15) is 0 Å². The predicted octanol–water partition coefficient (Wildman–Crippen LogP) is 3.60. The highest BCUT2D eigenvalue weighted by Gasteiger charge is 2.24. The average molecular weight is 383 g/mol. The van der Waals surface area contributed by atoms with Gasteiger partial charge in [-0.2, -0.15) is 0 Å². The molecule has 0 unspecified atom stereocenters. The van der Waals surface area contributed by atoms with Gasteiger partial charge >= 0.3 is 0 Å². The number of aryl methyl sites for hydroxylation is 1. The highest BCUT2D eigenvalue weighted by Crippen LogP contribution is 2.24. The lowest BCUT2D eigenvalue weighted by atomic mass is 10.1. The van der Waals surface area contributed by atoms with Gasteiger partial charge in [0.25, 0.3) is 0 Å². The average Bonchev–Trinajstić information content (AvgIpc) is 3.08. The summed E-state index contributed by atoms with van der Waals surface area (Å²) in [5.41, 5.74) is 3.07. The smallest absolute Gasteiger partial charge is 0.227 e. The number of para-hydroxylation sites is 2. The second-order valence-electron chi connectivity index (χ2n) is 6.78. The van der Waals surface area contributed by atoms with Crippen LogP contribution in [0.3, 0.4) is 0 Å². The fraction of sp³-hybridized carbons (Fsp3) is 0.333. The third-order valence-corrected chi connectivity index (χ3v) is 5.53. The number of halogens is 1. The van der Waals surface area contributed by atoms with E-state index in [1.54, 1.807) is 0 Å². The van der Waals surface area contributed by atoms with E-state index >= 15 is 0 Å². The van der Waals surface area contributed by atoms with Crippen molar-refractivity contribution in [3.63, 3.8) is 0 Å². The Morgan fingerprint density at radius 3 is 2.48 bits per heavy atom. The summed E-state index contributed by atoms with van der Waals surface area (Å²) in [6.07, 6.45) is 0.354. The van der Waals surface area contributed by atoms with Crippen LogP contribution in [0.4, 0.5) is 5.95 Å². The highest BCUT2D eigenvalue weighted by molar-refractivity contribution is 6.31. The van der Waals surface area contributed by atoms with Gasteiger partial charge < -0.3 is 14.4 Å². The standard InChI is InChI=1S/C21H23ClN4O/c1-2-26-19-10-6-5-9-18(19)23-21(26)25-13-11-24(12-14-25)20(27)15-16-7-3-4-8-17(16)22/h3-10H,2,11-15H2,1H3. The zero-order valence-electron chi connectivity index (χ0n) is 15.4. The van der Waals surface area contributed by atoms with E-state index in [0.29, 0.717) is 24.5 Å². The number of nitrogens with zero attached hydrogens (tertiary/aromatic N) is 4. The number of piperazine rings is 1. The van der Waals surface area contributed by atoms with Gasteiger partial charge in [-0.05, 0) is 30.7 Å². The normalized spacial score (nSPS) is 14.7. The lowest BCUT2D eigenvalue weighted by Gasteiger charge is -2.35. The van der Waals surface area contributed by atoms with E-state index < -0.39 is 0 Å². The Labute approximate surface area is 164 Å². The van der Waals surface area contributed by atoms with Crippen molar-refractivity contribution in [1.82, 2.24) is 14.5 Å². The first-order valence-electron chi connectivity index (χ1n) is 9.38. The number of imidazole rings is 1. The van der Waals surface area contributed by atoms with E-state index in [1.807, 2.05) is 47.4 Å². The fourth-order valence-corrected chi connectivity index (χ4v) is 3.89. The van der Waals surface area contributed by atoms with Gasteiger partial charge in [0.2, 0.25) is 11.9 Å². The van der Waals surface area contributed by atoms with Crippen molar-refractivity contribution in [2.45, 2.75) is 19.9 Å². The van der Waals surface area contributed by atoms with Crippen LogP contribution in [-0.4, -0.2) is 46.5 Å². The number of fused-ring (bicyclic) bond motifs is 1. The van der Waals surface area contributed by atoms with Gasteiger partial charge in [-0.1, -0.05) is 41.9 Å². The maximum absolute atomic E-state index is 12.7. The van der Waals surface area contributed by atoms with Crippen molar-refractivity contribution >= 4 is 34.5 Å². The SMILES string of the molecule is CCn1c(N2CCN(C(=O)Cc3ccccc3Cl)CC2)nc2ccccc21. The number of rotatable bonds is 4. The van der Waals surface area contributed by atoms with Crippen LogP contribution in [0.25, 0.3) is 11.0 Å². The molecule has 0 N–H and O–H groups in total. The molecule has 2 heterocycles. The number of hydrogen-bond donors (Lipinski definition) is 0. The molecule has 140 valence electrons. The molecule has 0 bridgehead atoms. The van der Waals surface area contributed by atoms with Crippen molar-refractivity contribution in [3.8, 4) is 0 Å². The third kappa shape index (κ3) is 3.52. The van der Waals surface area contributed by atoms with Crippen LogP contribution < -0.4 is 4.90 Å². The van der Waals surface area contributed by atoms with E-state index in [1.165, 1.54) is 0 Å². The zero-order valence-corrected chi connectivity index (χ0v) is 16.2. The molecule has 0 atom stereocenters. The summed E-state index contributed by atoms with van der Waals surface area (Å²) in [4.78, 5) is 21.7. The van der Waals surface area contributed by atoms with Crippen molar-refractivity contribution in [1.29, 1.82) is 0 Å². The number of amides is 1. The van der Waals surface area contributed by atoms with Crippen molar-refractivity contribution in [2.75, 3.05) is 31.1 Å². The predicted molar refractivity (Wildman–Crippen MR) is 109 cm³/mol. The monoisotopic (exact) mass is 382 g/mol. The first-order chi connectivity index (χ1) is 13.2. The van der Waals surface area contributed by atoms with Gasteiger partial charge in [-0.3, -0.25) is 4.79 Å². The molecule has 4 rings (SSSR count). The first-order valence-corrected chi connectivity index (χ1v) is 9.76. The molecule has 5 nitrogen and oxygen atoms in total. The van der Waals surface area contributed by atoms with Gasteiger partial charge in [0.05, 0.1) is 17.5 Å². The number of benzene rings is 2. The fourth-order valence-electron chi connectivity index (χ4n) is 3.69. The van der Waals surface area contributed by atoms with Crippen LogP contribution in [0.15, 0.2) is 48.5 Å². The maximum Gasteiger partial charge on any atom is 0.227 e. The Morgan fingerprint density at radius 1 is 1.04 bits per heavy atom. The molecule has 0 radical (unpaired) electrons. The summed E-state index contributed by atoms with van der Waals surface area (Å²) in [6, 6.07) is 15.8. The topological polar surface area (TPSA) is 41.4 Å². The number of carbonyl (C=O) groups is 1. The summed E-state index contributed by atoms with van der Waals surface area (Å²) >= 11 is 6.19. The number of carbonyl (C=O) groups excluding carboxylic acids is 1. The van der Waals surface area contributed by atoms with Gasteiger partial charge in [0.15, 0.2) is 0 Å². The minimum absolute atomic E-state index is 0.131. The van der Waals surface area contributed by atoms with Crippen LogP contribution in [-0.2, 0) is 17.8 Å².